The van der Waals surface area contributed by atoms with Crippen LogP contribution in [0.15, 0.2) is 0 Å². The van der Waals surface area contributed by atoms with Crippen molar-refractivity contribution in [2.75, 3.05) is 104 Å². The first-order valence-corrected chi connectivity index (χ1v) is 19.9. The molecular weight excluding hydrogens is 593 g/mol. The van der Waals surface area contributed by atoms with Gasteiger partial charge in [0.05, 0.1) is 25.9 Å². The summed E-state index contributed by atoms with van der Waals surface area (Å²) in [6, 6.07) is 1.99. The SMILES string of the molecule is CCC(COCC(COCCC[Si](OC)(OC)OC)OCCC[Si](OC)(OC)OC)OCCC[Si](OC)(OC)OC. The molecule has 0 aliphatic heterocycles. The fourth-order valence-electron chi connectivity index (χ4n) is 4.11. The van der Waals surface area contributed by atoms with E-state index in [1.807, 2.05) is 0 Å². The molecule has 2 unspecified atom stereocenters. The van der Waals surface area contributed by atoms with Crippen molar-refractivity contribution < 1.29 is 58.8 Å². The summed E-state index contributed by atoms with van der Waals surface area (Å²) < 4.78 is 73.5. The number of hydrogen-bond acceptors (Lipinski definition) is 13. The molecule has 0 bridgehead atoms. The first kappa shape index (κ1) is 41.1. The van der Waals surface area contributed by atoms with E-state index in [1.165, 1.54) is 0 Å². The Morgan fingerprint density at radius 1 is 0.415 bits per heavy atom. The highest BCUT2D eigenvalue weighted by Gasteiger charge is 2.38. The zero-order valence-electron chi connectivity index (χ0n) is 27.2. The molecule has 13 nitrogen and oxygen atoms in total. The van der Waals surface area contributed by atoms with Gasteiger partial charge in [-0.2, -0.15) is 0 Å². The van der Waals surface area contributed by atoms with Crippen molar-refractivity contribution in [3.63, 3.8) is 0 Å². The van der Waals surface area contributed by atoms with Crippen molar-refractivity contribution in [3.05, 3.63) is 0 Å². The molecule has 0 saturated carbocycles. The van der Waals surface area contributed by atoms with Gasteiger partial charge in [0.25, 0.3) is 0 Å². The van der Waals surface area contributed by atoms with Crippen LogP contribution in [0.1, 0.15) is 32.6 Å². The third kappa shape index (κ3) is 16.1. The van der Waals surface area contributed by atoms with Gasteiger partial charge < -0.3 is 58.8 Å². The highest BCUT2D eigenvalue weighted by atomic mass is 28.4. The fourth-order valence-corrected chi connectivity index (χ4v) is 9.18. The molecule has 16 heteroatoms. The molecule has 248 valence electrons. The van der Waals surface area contributed by atoms with Crippen LogP contribution in [0.3, 0.4) is 0 Å². The van der Waals surface area contributed by atoms with Crippen LogP contribution in [-0.4, -0.2) is 142 Å². The van der Waals surface area contributed by atoms with Crippen molar-refractivity contribution in [1.82, 2.24) is 0 Å². The van der Waals surface area contributed by atoms with Crippen LogP contribution in [0, 0.1) is 0 Å². The summed E-state index contributed by atoms with van der Waals surface area (Å²) in [6.45, 7) is 4.87. The van der Waals surface area contributed by atoms with Gasteiger partial charge in [0, 0.05) is 102 Å². The lowest BCUT2D eigenvalue weighted by atomic mass is 10.3. The summed E-state index contributed by atoms with van der Waals surface area (Å²) in [7, 11) is 6.63. The van der Waals surface area contributed by atoms with Gasteiger partial charge in [-0.1, -0.05) is 6.92 Å². The molecule has 0 fully saturated rings. The standard InChI is InChI=1S/C25H58O13Si3/c1-11-24(37-16-13-19-40(29-5,30-6)31-7)21-36-23-25(38-17-14-20-41(32-8,33-9)34-10)22-35-15-12-18-39(26-2,27-3)28-4/h24-25H,11-23H2,1-10H3. The summed E-state index contributed by atoms with van der Waals surface area (Å²) in [5.41, 5.74) is 0. The van der Waals surface area contributed by atoms with Crippen molar-refractivity contribution in [2.24, 2.45) is 0 Å². The number of hydrogen-bond donors (Lipinski definition) is 0. The molecule has 0 heterocycles. The summed E-state index contributed by atoms with van der Waals surface area (Å²) in [6.07, 6.45) is 2.77. The summed E-state index contributed by atoms with van der Waals surface area (Å²) in [5, 5.41) is 0. The Bertz CT molecular complexity index is 572. The minimum absolute atomic E-state index is 0.0350. The highest BCUT2D eigenvalue weighted by Crippen LogP contribution is 2.17. The lowest BCUT2D eigenvalue weighted by Gasteiger charge is -2.25. The van der Waals surface area contributed by atoms with Gasteiger partial charge in [-0.15, -0.1) is 0 Å². The van der Waals surface area contributed by atoms with Crippen molar-refractivity contribution in [1.29, 1.82) is 0 Å². The third-order valence-corrected chi connectivity index (χ3v) is 15.4. The van der Waals surface area contributed by atoms with Crippen molar-refractivity contribution in [3.8, 4) is 0 Å². The second kappa shape index (κ2) is 24.5. The van der Waals surface area contributed by atoms with Crippen molar-refractivity contribution >= 4 is 26.4 Å². The monoisotopic (exact) mass is 650 g/mol. The van der Waals surface area contributed by atoms with E-state index in [0.717, 1.165) is 25.7 Å². The zero-order chi connectivity index (χ0) is 31.0. The van der Waals surface area contributed by atoms with Crippen LogP contribution in [0.2, 0.25) is 18.1 Å². The summed E-state index contributed by atoms with van der Waals surface area (Å²) in [5.74, 6) is 0. The Morgan fingerprint density at radius 3 is 1.10 bits per heavy atom. The first-order chi connectivity index (χ1) is 19.8. The van der Waals surface area contributed by atoms with Crippen LogP contribution in [-0.2, 0) is 58.8 Å². The smallest absolute Gasteiger partial charge is 0.379 e. The minimum Gasteiger partial charge on any atom is -0.379 e. The van der Waals surface area contributed by atoms with Crippen LogP contribution < -0.4 is 0 Å². The van der Waals surface area contributed by atoms with E-state index >= 15 is 0 Å². The molecule has 0 N–H and O–H groups in total. The molecule has 2 atom stereocenters. The Hall–Kier alpha value is 0.131. The molecule has 0 aromatic heterocycles. The Balaban J connectivity index is 4.76. The average Bonchev–Trinajstić information content (AvgIpc) is 3.02. The molecule has 0 aliphatic rings. The molecule has 0 aromatic rings. The maximum absolute atomic E-state index is 6.13. The molecule has 0 aromatic carbocycles. The van der Waals surface area contributed by atoms with E-state index in [9.17, 15) is 0 Å². The van der Waals surface area contributed by atoms with Crippen LogP contribution >= 0.6 is 0 Å². The van der Waals surface area contributed by atoms with Gasteiger partial charge >= 0.3 is 26.4 Å². The van der Waals surface area contributed by atoms with E-state index in [4.69, 9.17) is 58.8 Å². The summed E-state index contributed by atoms with van der Waals surface area (Å²) >= 11 is 0. The Morgan fingerprint density at radius 2 is 0.732 bits per heavy atom. The third-order valence-electron chi connectivity index (χ3n) is 6.90. The fraction of sp³-hybridized carbons (Fsp3) is 1.00. The van der Waals surface area contributed by atoms with Gasteiger partial charge in [0.1, 0.15) is 6.10 Å². The predicted octanol–water partition coefficient (Wildman–Crippen LogP) is 3.00. The summed E-state index contributed by atoms with van der Waals surface area (Å²) in [4.78, 5) is 0. The van der Waals surface area contributed by atoms with Crippen molar-refractivity contribution in [2.45, 2.75) is 62.9 Å². The Kier molecular flexibility index (Phi) is 24.5. The quantitative estimate of drug-likeness (QED) is 0.0838. The minimum atomic E-state index is -2.65. The molecule has 0 saturated heterocycles. The predicted molar refractivity (Wildman–Crippen MR) is 160 cm³/mol. The van der Waals surface area contributed by atoms with Gasteiger partial charge in [0.15, 0.2) is 0 Å². The number of ether oxygens (including phenoxy) is 4. The van der Waals surface area contributed by atoms with Gasteiger partial charge in [-0.25, -0.2) is 0 Å². The zero-order valence-corrected chi connectivity index (χ0v) is 30.2. The van der Waals surface area contributed by atoms with Gasteiger partial charge in [-0.05, 0) is 25.7 Å². The van der Waals surface area contributed by atoms with E-state index in [-0.39, 0.29) is 12.2 Å². The lowest BCUT2D eigenvalue weighted by molar-refractivity contribution is -0.0818. The molecule has 0 amide bonds. The van der Waals surface area contributed by atoms with Gasteiger partial charge in [-0.3, -0.25) is 0 Å². The molecule has 0 spiro atoms. The van der Waals surface area contributed by atoms with Gasteiger partial charge in [0.2, 0.25) is 0 Å². The molecule has 41 heavy (non-hydrogen) atoms. The normalized spacial score (nSPS) is 14.5. The molecular formula is C25H58O13Si3. The Labute approximate surface area is 251 Å². The van der Waals surface area contributed by atoms with E-state index < -0.39 is 26.4 Å². The topological polar surface area (TPSA) is 120 Å². The first-order valence-electron chi connectivity index (χ1n) is 14.1. The molecule has 0 radical (unpaired) electrons. The lowest BCUT2D eigenvalue weighted by Crippen LogP contribution is -2.43. The van der Waals surface area contributed by atoms with Crippen LogP contribution in [0.5, 0.6) is 0 Å². The molecule has 0 aliphatic carbocycles. The largest absolute Gasteiger partial charge is 0.500 e. The van der Waals surface area contributed by atoms with E-state index in [2.05, 4.69) is 6.92 Å². The van der Waals surface area contributed by atoms with Crippen LogP contribution in [0.4, 0.5) is 0 Å². The highest BCUT2D eigenvalue weighted by molar-refractivity contribution is 6.61. The van der Waals surface area contributed by atoms with E-state index in [1.54, 1.807) is 64.0 Å². The van der Waals surface area contributed by atoms with Crippen LogP contribution in [0.25, 0.3) is 0 Å². The number of rotatable bonds is 30. The maximum Gasteiger partial charge on any atom is 0.500 e. The maximum atomic E-state index is 6.13. The molecule has 0 rings (SSSR count). The average molecular weight is 651 g/mol. The second-order valence-corrected chi connectivity index (χ2v) is 18.5. The van der Waals surface area contributed by atoms with E-state index in [0.29, 0.717) is 57.8 Å². The second-order valence-electron chi connectivity index (χ2n) is 9.20.